The van der Waals surface area contributed by atoms with Crippen LogP contribution in [0.25, 0.3) is 0 Å². The summed E-state index contributed by atoms with van der Waals surface area (Å²) in [7, 11) is 0. The van der Waals surface area contributed by atoms with Gasteiger partial charge in [-0.3, -0.25) is 0 Å². The van der Waals surface area contributed by atoms with Crippen molar-refractivity contribution in [3.8, 4) is 0 Å². The minimum Gasteiger partial charge on any atom is -0.0622 e. The molecule has 4 saturated carbocycles. The van der Waals surface area contributed by atoms with Crippen LogP contribution >= 0.6 is 0 Å². The zero-order valence-electron chi connectivity index (χ0n) is 14.1. The summed E-state index contributed by atoms with van der Waals surface area (Å²) in [6.45, 7) is 15.1. The Hall–Kier alpha value is 0. The summed E-state index contributed by atoms with van der Waals surface area (Å²) in [4.78, 5) is 0. The lowest BCUT2D eigenvalue weighted by Gasteiger charge is -2.70. The summed E-state index contributed by atoms with van der Waals surface area (Å²) in [6, 6.07) is 0. The number of rotatable bonds is 3. The fourth-order valence-electron chi connectivity index (χ4n) is 6.60. The molecule has 19 heavy (non-hydrogen) atoms. The van der Waals surface area contributed by atoms with E-state index >= 15 is 0 Å². The lowest BCUT2D eigenvalue weighted by atomic mass is 9.34. The van der Waals surface area contributed by atoms with Gasteiger partial charge in [0.1, 0.15) is 0 Å². The van der Waals surface area contributed by atoms with E-state index in [0.717, 1.165) is 23.7 Å². The molecule has 4 rings (SSSR count). The van der Waals surface area contributed by atoms with Crippen LogP contribution in [-0.2, 0) is 0 Å². The summed E-state index contributed by atoms with van der Waals surface area (Å²) in [5, 5.41) is 0. The molecule has 0 N–H and O–H groups in total. The molecule has 4 fully saturated rings. The van der Waals surface area contributed by atoms with Gasteiger partial charge in [0.05, 0.1) is 0 Å². The van der Waals surface area contributed by atoms with Crippen LogP contribution in [0.4, 0.5) is 0 Å². The third-order valence-corrected chi connectivity index (χ3v) is 7.87. The monoisotopic (exact) mass is 262 g/mol. The Morgan fingerprint density at radius 1 is 0.579 bits per heavy atom. The van der Waals surface area contributed by atoms with Gasteiger partial charge >= 0.3 is 0 Å². The molecule has 0 heterocycles. The van der Waals surface area contributed by atoms with Crippen molar-refractivity contribution in [1.82, 2.24) is 0 Å². The molecule has 0 atom stereocenters. The molecule has 4 aliphatic carbocycles. The Morgan fingerprint density at radius 3 is 1.05 bits per heavy atom. The van der Waals surface area contributed by atoms with Crippen molar-refractivity contribution in [1.29, 1.82) is 0 Å². The molecule has 0 saturated heterocycles. The van der Waals surface area contributed by atoms with E-state index in [2.05, 4.69) is 41.5 Å². The van der Waals surface area contributed by atoms with Crippen LogP contribution in [-0.4, -0.2) is 0 Å². The summed E-state index contributed by atoms with van der Waals surface area (Å²) in [5.74, 6) is 3.69. The Labute approximate surface area is 120 Å². The highest BCUT2D eigenvalue weighted by atomic mass is 14.7. The van der Waals surface area contributed by atoms with Crippen molar-refractivity contribution >= 4 is 0 Å². The second-order valence-electron chi connectivity index (χ2n) is 9.56. The largest absolute Gasteiger partial charge is 0.0622 e. The summed E-state index contributed by atoms with van der Waals surface area (Å²) in [6.07, 6.45) is 9.27. The van der Waals surface area contributed by atoms with Crippen molar-refractivity contribution < 1.29 is 0 Å². The maximum atomic E-state index is 2.51. The van der Waals surface area contributed by atoms with E-state index in [-0.39, 0.29) is 0 Å². The quantitative estimate of drug-likeness (QED) is 0.593. The zero-order valence-corrected chi connectivity index (χ0v) is 14.1. The van der Waals surface area contributed by atoms with Crippen molar-refractivity contribution in [3.05, 3.63) is 0 Å². The standard InChI is InChI=1S/C19H34/c1-13(2)17-7-16-8-18(10-17,14(3)4)12-19(9-16,11-17)15(5)6/h13-16H,7-12H2,1-6H3. The molecule has 0 unspecified atom stereocenters. The van der Waals surface area contributed by atoms with Crippen LogP contribution in [0.2, 0.25) is 0 Å². The topological polar surface area (TPSA) is 0 Å². The third kappa shape index (κ3) is 1.77. The van der Waals surface area contributed by atoms with Gasteiger partial charge in [-0.05, 0) is 78.4 Å². The molecule has 4 aliphatic rings. The van der Waals surface area contributed by atoms with Gasteiger partial charge in [-0.2, -0.15) is 0 Å². The van der Waals surface area contributed by atoms with Gasteiger partial charge in [0.25, 0.3) is 0 Å². The van der Waals surface area contributed by atoms with E-state index in [0.29, 0.717) is 16.2 Å². The van der Waals surface area contributed by atoms with Gasteiger partial charge in [-0.15, -0.1) is 0 Å². The molecule has 0 spiro atoms. The molecular weight excluding hydrogens is 228 g/mol. The molecule has 0 heteroatoms. The summed E-state index contributed by atoms with van der Waals surface area (Å²) >= 11 is 0. The van der Waals surface area contributed by atoms with Gasteiger partial charge in [0.2, 0.25) is 0 Å². The molecule has 0 aliphatic heterocycles. The molecule has 0 amide bonds. The first-order chi connectivity index (χ1) is 8.74. The van der Waals surface area contributed by atoms with E-state index in [4.69, 9.17) is 0 Å². The van der Waals surface area contributed by atoms with Crippen molar-refractivity contribution in [3.63, 3.8) is 0 Å². The first kappa shape index (κ1) is 14.0. The smallest absolute Gasteiger partial charge is 0.0261 e. The molecule has 4 bridgehead atoms. The average molecular weight is 262 g/mol. The van der Waals surface area contributed by atoms with Crippen LogP contribution in [0.5, 0.6) is 0 Å². The highest BCUT2D eigenvalue weighted by molar-refractivity contribution is 5.14. The van der Waals surface area contributed by atoms with Gasteiger partial charge in [-0.1, -0.05) is 41.5 Å². The predicted molar refractivity (Wildman–Crippen MR) is 83.0 cm³/mol. The van der Waals surface area contributed by atoms with Gasteiger partial charge in [0, 0.05) is 0 Å². The number of hydrogen-bond acceptors (Lipinski definition) is 0. The molecule has 0 aromatic rings. The summed E-state index contributed by atoms with van der Waals surface area (Å²) < 4.78 is 0. The van der Waals surface area contributed by atoms with Crippen LogP contribution < -0.4 is 0 Å². The zero-order chi connectivity index (χ0) is 14.1. The van der Waals surface area contributed by atoms with E-state index in [1.807, 2.05) is 0 Å². The SMILES string of the molecule is CC(C)C12CC3CC(C(C)C)(C1)CC(C(C)C)(C3)C2. The van der Waals surface area contributed by atoms with E-state index in [1.165, 1.54) is 0 Å². The van der Waals surface area contributed by atoms with E-state index in [1.54, 1.807) is 38.5 Å². The van der Waals surface area contributed by atoms with Crippen LogP contribution in [0.3, 0.4) is 0 Å². The number of hydrogen-bond donors (Lipinski definition) is 0. The predicted octanol–water partition coefficient (Wildman–Crippen LogP) is 5.91. The maximum absolute atomic E-state index is 2.51. The Morgan fingerprint density at radius 2 is 0.842 bits per heavy atom. The normalized spacial score (nSPS) is 48.8. The van der Waals surface area contributed by atoms with Gasteiger partial charge < -0.3 is 0 Å². The molecule has 110 valence electrons. The highest BCUT2D eigenvalue weighted by Gasteiger charge is 2.64. The first-order valence-corrected chi connectivity index (χ1v) is 8.74. The van der Waals surface area contributed by atoms with Crippen molar-refractivity contribution in [2.75, 3.05) is 0 Å². The Balaban J connectivity index is 2.06. The lowest BCUT2D eigenvalue weighted by molar-refractivity contribution is -0.204. The summed E-state index contributed by atoms with van der Waals surface area (Å²) in [5.41, 5.74) is 2.07. The van der Waals surface area contributed by atoms with Gasteiger partial charge in [0.15, 0.2) is 0 Å². The van der Waals surface area contributed by atoms with E-state index in [9.17, 15) is 0 Å². The second-order valence-corrected chi connectivity index (χ2v) is 9.56. The first-order valence-electron chi connectivity index (χ1n) is 8.74. The minimum atomic E-state index is 0.688. The molecule has 0 aromatic heterocycles. The fourth-order valence-corrected chi connectivity index (χ4v) is 6.60. The van der Waals surface area contributed by atoms with Crippen LogP contribution in [0.15, 0.2) is 0 Å². The molecular formula is C19H34. The molecule has 0 radical (unpaired) electrons. The molecule has 0 nitrogen and oxygen atoms in total. The van der Waals surface area contributed by atoms with Crippen LogP contribution in [0, 0.1) is 39.9 Å². The van der Waals surface area contributed by atoms with Crippen molar-refractivity contribution in [2.24, 2.45) is 39.9 Å². The maximum Gasteiger partial charge on any atom is -0.0261 e. The Bertz CT molecular complexity index is 297. The molecule has 0 aromatic carbocycles. The second kappa shape index (κ2) is 4.01. The fraction of sp³-hybridized carbons (Fsp3) is 1.00. The van der Waals surface area contributed by atoms with Crippen LogP contribution in [0.1, 0.15) is 80.1 Å². The van der Waals surface area contributed by atoms with Gasteiger partial charge in [-0.25, -0.2) is 0 Å². The average Bonchev–Trinajstić information content (AvgIpc) is 2.26. The lowest BCUT2D eigenvalue weighted by Crippen LogP contribution is -2.61. The third-order valence-electron chi connectivity index (χ3n) is 7.87. The van der Waals surface area contributed by atoms with Crippen molar-refractivity contribution in [2.45, 2.75) is 80.1 Å². The highest BCUT2D eigenvalue weighted by Crippen LogP contribution is 2.74. The minimum absolute atomic E-state index is 0.688. The van der Waals surface area contributed by atoms with E-state index < -0.39 is 0 Å². The Kier molecular flexibility index (Phi) is 2.95.